The van der Waals surface area contributed by atoms with Gasteiger partial charge in [0.25, 0.3) is 0 Å². The Bertz CT molecular complexity index is 174. The number of rotatable bonds is 5. The van der Waals surface area contributed by atoms with Gasteiger partial charge >= 0.3 is 0 Å². The molecule has 0 unspecified atom stereocenters. The number of hydrogen-bond acceptors (Lipinski definition) is 2. The summed E-state index contributed by atoms with van der Waals surface area (Å²) in [4.78, 5) is 0. The van der Waals surface area contributed by atoms with E-state index in [1.807, 2.05) is 0 Å². The van der Waals surface area contributed by atoms with Gasteiger partial charge in [-0.3, -0.25) is 0 Å². The van der Waals surface area contributed by atoms with Gasteiger partial charge in [-0.05, 0) is 28.8 Å². The lowest BCUT2D eigenvalue weighted by Gasteiger charge is -1.99. The first-order chi connectivity index (χ1) is 5.43. The minimum atomic E-state index is 0.760. The highest BCUT2D eigenvalue weighted by Gasteiger charge is 1.91. The van der Waals surface area contributed by atoms with Crippen molar-refractivity contribution in [3.05, 3.63) is 22.4 Å². The van der Waals surface area contributed by atoms with Crippen molar-refractivity contribution >= 4 is 27.3 Å². The van der Waals surface area contributed by atoms with Gasteiger partial charge in [0.15, 0.2) is 0 Å². The third-order valence-corrected chi connectivity index (χ3v) is 2.56. The van der Waals surface area contributed by atoms with Crippen LogP contribution in [0.1, 0.15) is 12.0 Å². The predicted molar refractivity (Wildman–Crippen MR) is 52.4 cm³/mol. The van der Waals surface area contributed by atoms with Crippen molar-refractivity contribution in [3.63, 3.8) is 0 Å². The quantitative estimate of drug-likeness (QED) is 0.563. The van der Waals surface area contributed by atoms with E-state index in [9.17, 15) is 0 Å². The summed E-state index contributed by atoms with van der Waals surface area (Å²) in [6, 6.07) is 2.10. The Labute approximate surface area is 79.5 Å². The van der Waals surface area contributed by atoms with Gasteiger partial charge in [0, 0.05) is 11.9 Å². The summed E-state index contributed by atoms with van der Waals surface area (Å²) >= 11 is 5.06. The maximum Gasteiger partial charge on any atom is 0.0724 e. The third-order valence-electron chi connectivity index (χ3n) is 1.27. The molecule has 0 saturated carbocycles. The van der Waals surface area contributed by atoms with E-state index in [-0.39, 0.29) is 0 Å². The number of ether oxygens (including phenoxy) is 1. The van der Waals surface area contributed by atoms with Gasteiger partial charge in [0.1, 0.15) is 0 Å². The molecular formula is C8H11BrOS. The lowest BCUT2D eigenvalue weighted by molar-refractivity contribution is 0.122. The fourth-order valence-corrected chi connectivity index (χ4v) is 1.60. The fourth-order valence-electron chi connectivity index (χ4n) is 0.721. The third kappa shape index (κ3) is 3.89. The van der Waals surface area contributed by atoms with Crippen molar-refractivity contribution < 1.29 is 4.74 Å². The Morgan fingerprint density at radius 1 is 1.55 bits per heavy atom. The van der Waals surface area contributed by atoms with Crippen molar-refractivity contribution in [2.45, 2.75) is 13.0 Å². The molecule has 0 atom stereocenters. The topological polar surface area (TPSA) is 9.23 Å². The van der Waals surface area contributed by atoms with Crippen LogP contribution < -0.4 is 0 Å². The first-order valence-corrected chi connectivity index (χ1v) is 5.64. The van der Waals surface area contributed by atoms with E-state index in [0.717, 1.165) is 25.0 Å². The Morgan fingerprint density at radius 3 is 3.09 bits per heavy atom. The lowest BCUT2D eigenvalue weighted by Crippen LogP contribution is -1.94. The molecule has 0 aliphatic heterocycles. The van der Waals surface area contributed by atoms with Crippen molar-refractivity contribution in [2.75, 3.05) is 11.9 Å². The summed E-state index contributed by atoms with van der Waals surface area (Å²) in [7, 11) is 0. The van der Waals surface area contributed by atoms with Crippen LogP contribution >= 0.6 is 27.3 Å². The number of hydrogen-bond donors (Lipinski definition) is 0. The van der Waals surface area contributed by atoms with Gasteiger partial charge in [-0.25, -0.2) is 0 Å². The van der Waals surface area contributed by atoms with E-state index in [1.54, 1.807) is 11.3 Å². The van der Waals surface area contributed by atoms with Gasteiger partial charge < -0.3 is 4.74 Å². The second-order valence-electron chi connectivity index (χ2n) is 2.23. The van der Waals surface area contributed by atoms with Crippen LogP contribution in [0.4, 0.5) is 0 Å². The van der Waals surface area contributed by atoms with Crippen LogP contribution in [0.25, 0.3) is 0 Å². The summed E-state index contributed by atoms with van der Waals surface area (Å²) in [5.74, 6) is 0. The number of thiophene rings is 1. The van der Waals surface area contributed by atoms with Gasteiger partial charge in [-0.15, -0.1) is 0 Å². The normalized spacial score (nSPS) is 10.3. The van der Waals surface area contributed by atoms with E-state index in [4.69, 9.17) is 4.74 Å². The molecule has 0 radical (unpaired) electrons. The zero-order valence-corrected chi connectivity index (χ0v) is 8.66. The first-order valence-electron chi connectivity index (χ1n) is 3.58. The monoisotopic (exact) mass is 234 g/mol. The van der Waals surface area contributed by atoms with Crippen LogP contribution in [0.5, 0.6) is 0 Å². The van der Waals surface area contributed by atoms with Crippen molar-refractivity contribution in [1.29, 1.82) is 0 Å². The molecule has 0 amide bonds. The molecule has 1 heterocycles. The molecule has 0 bridgehead atoms. The SMILES string of the molecule is BrCCCOCc1ccsc1. The molecule has 3 heteroatoms. The Morgan fingerprint density at radius 2 is 2.45 bits per heavy atom. The van der Waals surface area contributed by atoms with Crippen LogP contribution in [0.2, 0.25) is 0 Å². The van der Waals surface area contributed by atoms with E-state index in [1.165, 1.54) is 5.56 Å². The van der Waals surface area contributed by atoms with Crippen LogP contribution in [0.15, 0.2) is 16.8 Å². The van der Waals surface area contributed by atoms with Crippen LogP contribution in [0, 0.1) is 0 Å². The number of alkyl halides is 1. The van der Waals surface area contributed by atoms with E-state index in [2.05, 4.69) is 32.8 Å². The highest BCUT2D eigenvalue weighted by atomic mass is 79.9. The minimum absolute atomic E-state index is 0.760. The van der Waals surface area contributed by atoms with Gasteiger partial charge in [-0.1, -0.05) is 15.9 Å². The second-order valence-corrected chi connectivity index (χ2v) is 3.80. The maximum atomic E-state index is 5.40. The summed E-state index contributed by atoms with van der Waals surface area (Å²) in [5.41, 5.74) is 1.28. The summed E-state index contributed by atoms with van der Waals surface area (Å²) in [6.45, 7) is 1.61. The Balaban J connectivity index is 2.04. The molecule has 1 aromatic heterocycles. The molecule has 62 valence electrons. The molecule has 1 rings (SSSR count). The van der Waals surface area contributed by atoms with Gasteiger partial charge in [0.05, 0.1) is 6.61 Å². The smallest absolute Gasteiger partial charge is 0.0724 e. The Hall–Kier alpha value is 0.140. The first kappa shape index (κ1) is 9.23. The van der Waals surface area contributed by atoms with E-state index < -0.39 is 0 Å². The van der Waals surface area contributed by atoms with Gasteiger partial charge in [0.2, 0.25) is 0 Å². The second kappa shape index (κ2) is 5.75. The van der Waals surface area contributed by atoms with Crippen molar-refractivity contribution in [2.24, 2.45) is 0 Å². The molecule has 0 N–H and O–H groups in total. The summed E-state index contributed by atoms with van der Waals surface area (Å²) < 4.78 is 5.40. The molecule has 0 aliphatic rings. The average molecular weight is 235 g/mol. The molecule has 0 aromatic carbocycles. The highest BCUT2D eigenvalue weighted by molar-refractivity contribution is 9.09. The summed E-state index contributed by atoms with van der Waals surface area (Å²) in [5, 5.41) is 5.22. The minimum Gasteiger partial charge on any atom is -0.377 e. The predicted octanol–water partition coefficient (Wildman–Crippen LogP) is 3.05. The standard InChI is InChI=1S/C8H11BrOS/c9-3-1-4-10-6-8-2-5-11-7-8/h2,5,7H,1,3-4,6H2. The van der Waals surface area contributed by atoms with Crippen LogP contribution in [-0.4, -0.2) is 11.9 Å². The molecule has 0 spiro atoms. The Kier molecular flexibility index (Phi) is 4.82. The largest absolute Gasteiger partial charge is 0.377 e. The molecule has 0 fully saturated rings. The lowest BCUT2D eigenvalue weighted by atomic mass is 10.4. The van der Waals surface area contributed by atoms with Crippen LogP contribution in [0.3, 0.4) is 0 Å². The number of halogens is 1. The van der Waals surface area contributed by atoms with E-state index >= 15 is 0 Å². The fraction of sp³-hybridized carbons (Fsp3) is 0.500. The zero-order valence-electron chi connectivity index (χ0n) is 6.25. The molecular weight excluding hydrogens is 224 g/mol. The van der Waals surface area contributed by atoms with Crippen molar-refractivity contribution in [3.8, 4) is 0 Å². The average Bonchev–Trinajstić information content (AvgIpc) is 2.50. The van der Waals surface area contributed by atoms with Gasteiger partial charge in [-0.2, -0.15) is 11.3 Å². The molecule has 11 heavy (non-hydrogen) atoms. The van der Waals surface area contributed by atoms with Crippen LogP contribution in [-0.2, 0) is 11.3 Å². The summed E-state index contributed by atoms with van der Waals surface area (Å²) in [6.07, 6.45) is 1.09. The van der Waals surface area contributed by atoms with E-state index in [0.29, 0.717) is 0 Å². The zero-order chi connectivity index (χ0) is 7.94. The van der Waals surface area contributed by atoms with Crippen molar-refractivity contribution in [1.82, 2.24) is 0 Å². The molecule has 1 nitrogen and oxygen atoms in total. The molecule has 0 saturated heterocycles. The maximum absolute atomic E-state index is 5.40. The molecule has 1 aromatic rings. The highest BCUT2D eigenvalue weighted by Crippen LogP contribution is 2.07. The molecule has 0 aliphatic carbocycles.